The zero-order valence-electron chi connectivity index (χ0n) is 12.0. The van der Waals surface area contributed by atoms with Crippen LogP contribution < -0.4 is 9.99 Å². The number of hydrogen-bond acceptors (Lipinski definition) is 2. The number of hydrogen-bond donors (Lipinski definition) is 1. The molecule has 0 unspecified atom stereocenters. The standard InChI is InChI=1S/C18H15N3O/c22-18(14-21-11-4-1-5-12-21)20-19-13-16-9-6-8-15-7-2-3-10-17(15)16/h1-13H,14H2/p+1. The maximum atomic E-state index is 11.8. The van der Waals surface area contributed by atoms with Crippen molar-refractivity contribution in [1.29, 1.82) is 0 Å². The van der Waals surface area contributed by atoms with E-state index < -0.39 is 0 Å². The van der Waals surface area contributed by atoms with Gasteiger partial charge in [0.15, 0.2) is 12.4 Å². The van der Waals surface area contributed by atoms with Crippen LogP contribution in [0.3, 0.4) is 0 Å². The van der Waals surface area contributed by atoms with Gasteiger partial charge in [0.2, 0.25) is 6.54 Å². The molecule has 22 heavy (non-hydrogen) atoms. The van der Waals surface area contributed by atoms with E-state index in [1.165, 1.54) is 0 Å². The molecule has 0 saturated heterocycles. The van der Waals surface area contributed by atoms with Crippen LogP contribution in [0.5, 0.6) is 0 Å². The van der Waals surface area contributed by atoms with E-state index in [-0.39, 0.29) is 12.5 Å². The molecule has 2 aromatic carbocycles. The molecule has 0 spiro atoms. The van der Waals surface area contributed by atoms with Gasteiger partial charge in [-0.25, -0.2) is 5.43 Å². The van der Waals surface area contributed by atoms with Crippen LogP contribution in [-0.2, 0) is 11.3 Å². The van der Waals surface area contributed by atoms with Crippen molar-refractivity contribution in [2.24, 2.45) is 5.10 Å². The van der Waals surface area contributed by atoms with Crippen LogP contribution in [0.1, 0.15) is 5.56 Å². The van der Waals surface area contributed by atoms with Gasteiger partial charge in [-0.2, -0.15) is 9.67 Å². The topological polar surface area (TPSA) is 45.3 Å². The summed E-state index contributed by atoms with van der Waals surface area (Å²) in [5.41, 5.74) is 3.53. The lowest BCUT2D eigenvalue weighted by atomic mass is 10.1. The van der Waals surface area contributed by atoms with Crippen LogP contribution >= 0.6 is 0 Å². The minimum absolute atomic E-state index is 0.160. The number of nitrogens with one attached hydrogen (secondary N) is 1. The number of carbonyl (C=O) groups excluding carboxylic acids is 1. The largest absolute Gasteiger partial charge is 0.305 e. The summed E-state index contributed by atoms with van der Waals surface area (Å²) < 4.78 is 1.79. The van der Waals surface area contributed by atoms with Crippen LogP contribution in [0.2, 0.25) is 0 Å². The predicted octanol–water partition coefficient (Wildman–Crippen LogP) is 2.28. The Hall–Kier alpha value is -3.01. The number of aromatic nitrogens is 1. The fourth-order valence-electron chi connectivity index (χ4n) is 2.28. The Morgan fingerprint density at radius 3 is 2.64 bits per heavy atom. The van der Waals surface area contributed by atoms with Crippen molar-refractivity contribution < 1.29 is 9.36 Å². The van der Waals surface area contributed by atoms with Gasteiger partial charge in [-0.15, -0.1) is 0 Å². The van der Waals surface area contributed by atoms with E-state index in [1.54, 1.807) is 10.8 Å². The lowest BCUT2D eigenvalue weighted by Gasteiger charge is -2.01. The minimum atomic E-state index is -0.160. The number of fused-ring (bicyclic) bond motifs is 1. The molecule has 0 saturated carbocycles. The van der Waals surface area contributed by atoms with Crippen LogP contribution in [0.4, 0.5) is 0 Å². The second-order valence-electron chi connectivity index (χ2n) is 4.91. The molecule has 0 atom stereocenters. The molecule has 0 fully saturated rings. The monoisotopic (exact) mass is 290 g/mol. The van der Waals surface area contributed by atoms with E-state index in [0.717, 1.165) is 16.3 Å². The number of amides is 1. The lowest BCUT2D eigenvalue weighted by Crippen LogP contribution is -2.40. The van der Waals surface area contributed by atoms with Gasteiger partial charge < -0.3 is 0 Å². The highest BCUT2D eigenvalue weighted by Gasteiger charge is 2.06. The molecular weight excluding hydrogens is 274 g/mol. The van der Waals surface area contributed by atoms with Gasteiger partial charge in [-0.3, -0.25) is 4.79 Å². The first-order chi connectivity index (χ1) is 10.8. The zero-order valence-corrected chi connectivity index (χ0v) is 12.0. The molecule has 4 nitrogen and oxygen atoms in total. The normalized spacial score (nSPS) is 10.9. The Bertz CT molecular complexity index is 807. The minimum Gasteiger partial charge on any atom is -0.266 e. The number of pyridine rings is 1. The van der Waals surface area contributed by atoms with E-state index in [1.807, 2.05) is 60.9 Å². The number of carbonyl (C=O) groups is 1. The van der Waals surface area contributed by atoms with Gasteiger partial charge in [0.1, 0.15) is 0 Å². The summed E-state index contributed by atoms with van der Waals surface area (Å²) in [6.45, 7) is 0.244. The molecule has 0 radical (unpaired) electrons. The maximum absolute atomic E-state index is 11.8. The van der Waals surface area contributed by atoms with Gasteiger partial charge in [0.25, 0.3) is 0 Å². The molecule has 3 aromatic rings. The molecule has 0 aliphatic carbocycles. The van der Waals surface area contributed by atoms with E-state index in [9.17, 15) is 4.79 Å². The summed E-state index contributed by atoms with van der Waals surface area (Å²) in [6.07, 6.45) is 5.36. The second kappa shape index (κ2) is 6.63. The third-order valence-electron chi connectivity index (χ3n) is 3.32. The van der Waals surface area contributed by atoms with Gasteiger partial charge >= 0.3 is 5.91 Å². The summed E-state index contributed by atoms with van der Waals surface area (Å²) in [5, 5.41) is 6.31. The summed E-state index contributed by atoms with van der Waals surface area (Å²) >= 11 is 0. The number of nitrogens with zero attached hydrogens (tertiary/aromatic N) is 2. The Morgan fingerprint density at radius 2 is 1.77 bits per heavy atom. The second-order valence-corrected chi connectivity index (χ2v) is 4.91. The Kier molecular flexibility index (Phi) is 4.20. The van der Waals surface area contributed by atoms with Crippen LogP contribution in [0.25, 0.3) is 10.8 Å². The van der Waals surface area contributed by atoms with Crippen molar-refractivity contribution in [3.63, 3.8) is 0 Å². The molecule has 108 valence electrons. The first-order valence-corrected chi connectivity index (χ1v) is 7.07. The summed E-state index contributed by atoms with van der Waals surface area (Å²) in [5.74, 6) is -0.160. The number of rotatable bonds is 4. The third kappa shape index (κ3) is 3.35. The van der Waals surface area contributed by atoms with E-state index in [4.69, 9.17) is 0 Å². The van der Waals surface area contributed by atoms with Crippen molar-refractivity contribution >= 4 is 22.9 Å². The number of hydrazone groups is 1. The molecule has 4 heteroatoms. The van der Waals surface area contributed by atoms with Crippen LogP contribution in [-0.4, -0.2) is 12.1 Å². The van der Waals surface area contributed by atoms with Crippen molar-refractivity contribution in [2.75, 3.05) is 0 Å². The van der Waals surface area contributed by atoms with E-state index in [0.29, 0.717) is 0 Å². The maximum Gasteiger partial charge on any atom is 0.305 e. The van der Waals surface area contributed by atoms with Crippen LogP contribution in [0.15, 0.2) is 78.2 Å². The van der Waals surface area contributed by atoms with Crippen molar-refractivity contribution in [1.82, 2.24) is 5.43 Å². The Balaban J connectivity index is 1.67. The smallest absolute Gasteiger partial charge is 0.266 e. The van der Waals surface area contributed by atoms with Crippen molar-refractivity contribution in [3.8, 4) is 0 Å². The Labute approximate surface area is 128 Å². The number of benzene rings is 2. The third-order valence-corrected chi connectivity index (χ3v) is 3.32. The summed E-state index contributed by atoms with van der Waals surface area (Å²) in [6, 6.07) is 19.8. The quantitative estimate of drug-likeness (QED) is 0.447. The predicted molar refractivity (Wildman–Crippen MR) is 86.3 cm³/mol. The lowest BCUT2D eigenvalue weighted by molar-refractivity contribution is -0.684. The summed E-state index contributed by atoms with van der Waals surface area (Å²) in [7, 11) is 0. The van der Waals surface area contributed by atoms with E-state index in [2.05, 4.69) is 22.7 Å². The highest BCUT2D eigenvalue weighted by Crippen LogP contribution is 2.16. The molecule has 0 aliphatic heterocycles. The highest BCUT2D eigenvalue weighted by molar-refractivity contribution is 5.99. The Morgan fingerprint density at radius 1 is 1.00 bits per heavy atom. The van der Waals surface area contributed by atoms with Gasteiger partial charge in [-0.1, -0.05) is 48.5 Å². The van der Waals surface area contributed by atoms with Crippen molar-refractivity contribution in [3.05, 3.63) is 78.6 Å². The molecule has 3 rings (SSSR count). The zero-order chi connectivity index (χ0) is 15.2. The SMILES string of the molecule is O=C(C[n+]1ccccc1)NN=Cc1cccc2ccccc12. The average Bonchev–Trinajstić information content (AvgIpc) is 2.56. The molecule has 1 aromatic heterocycles. The fraction of sp³-hybridized carbons (Fsp3) is 0.0556. The first kappa shape index (κ1) is 13.9. The van der Waals surface area contributed by atoms with Crippen molar-refractivity contribution in [2.45, 2.75) is 6.54 Å². The van der Waals surface area contributed by atoms with Gasteiger partial charge in [-0.05, 0) is 10.8 Å². The van der Waals surface area contributed by atoms with Gasteiger partial charge in [0.05, 0.1) is 6.21 Å². The molecule has 1 N–H and O–H groups in total. The highest BCUT2D eigenvalue weighted by atomic mass is 16.2. The molecular formula is C18H16N3O+. The molecule has 1 amide bonds. The average molecular weight is 290 g/mol. The molecule has 0 aliphatic rings. The van der Waals surface area contributed by atoms with E-state index >= 15 is 0 Å². The van der Waals surface area contributed by atoms with Gasteiger partial charge in [0, 0.05) is 17.7 Å². The molecule has 1 heterocycles. The summed E-state index contributed by atoms with van der Waals surface area (Å²) in [4.78, 5) is 11.8. The molecule has 0 bridgehead atoms. The fourth-order valence-corrected chi connectivity index (χ4v) is 2.28. The van der Waals surface area contributed by atoms with Crippen LogP contribution in [0, 0.1) is 0 Å². The first-order valence-electron chi connectivity index (χ1n) is 7.07.